The predicted molar refractivity (Wildman–Crippen MR) is 120 cm³/mol. The average Bonchev–Trinajstić information content (AvgIpc) is 2.80. The molecule has 0 radical (unpaired) electrons. The van der Waals surface area contributed by atoms with E-state index in [1.807, 2.05) is 0 Å². The molecule has 0 aliphatic rings. The van der Waals surface area contributed by atoms with Gasteiger partial charge in [0.05, 0.1) is 24.1 Å². The van der Waals surface area contributed by atoms with Crippen molar-refractivity contribution in [1.29, 1.82) is 0 Å². The van der Waals surface area contributed by atoms with E-state index < -0.39 is 22.8 Å². The highest BCUT2D eigenvalue weighted by atomic mass is 32.2. The molecule has 0 saturated heterocycles. The number of hydrogen-bond acceptors (Lipinski definition) is 9. The van der Waals surface area contributed by atoms with E-state index in [4.69, 9.17) is 24.1 Å². The van der Waals surface area contributed by atoms with Crippen LogP contribution in [0, 0.1) is 0 Å². The van der Waals surface area contributed by atoms with Gasteiger partial charge in [0, 0.05) is 30.7 Å². The maximum atomic E-state index is 12.7. The molecule has 0 saturated carbocycles. The van der Waals surface area contributed by atoms with E-state index in [0.29, 0.717) is 34.8 Å². The number of primary sulfonamides is 1. The summed E-state index contributed by atoms with van der Waals surface area (Å²) in [5.41, 5.74) is 0.626. The molecule has 0 aliphatic carbocycles. The molecule has 1 aromatic heterocycles. The molecule has 3 N–H and O–H groups in total. The number of anilines is 1. The van der Waals surface area contributed by atoms with Crippen LogP contribution in [0.15, 0.2) is 41.6 Å². The number of sulfonamides is 1. The maximum Gasteiger partial charge on any atom is 0.422 e. The number of nitrogens with zero attached hydrogens (tertiary/aromatic N) is 2. The Bertz CT molecular complexity index is 1290. The number of aromatic nitrogens is 2. The summed E-state index contributed by atoms with van der Waals surface area (Å²) < 4.78 is 82.4. The molecular formula is C21H23F3N4O6S. The van der Waals surface area contributed by atoms with Gasteiger partial charge in [-0.15, -0.1) is 0 Å². The summed E-state index contributed by atoms with van der Waals surface area (Å²) in [6, 6.07) is 6.62. The highest BCUT2D eigenvalue weighted by molar-refractivity contribution is 7.89. The predicted octanol–water partition coefficient (Wildman–Crippen LogP) is 2.86. The summed E-state index contributed by atoms with van der Waals surface area (Å²) in [5.74, 6) is 0.994. The van der Waals surface area contributed by atoms with Crippen molar-refractivity contribution in [2.24, 2.45) is 5.14 Å². The standard InChI is InChI=1S/C21H23F3N4O6S/c1-31-5-6-33-19-9-16-15(8-18(19)32-2)20(28-12-27-16)26-10-13-7-14(35(25,29)30)3-4-17(13)34-11-21(22,23)24/h3-4,7-9,12H,5-6,10-11H2,1-2H3,(H2,25,29,30)(H,26,27,28). The van der Waals surface area contributed by atoms with Gasteiger partial charge in [-0.25, -0.2) is 23.5 Å². The van der Waals surface area contributed by atoms with Gasteiger partial charge in [-0.1, -0.05) is 0 Å². The minimum Gasteiger partial charge on any atom is -0.493 e. The molecule has 3 aromatic rings. The van der Waals surface area contributed by atoms with Crippen LogP contribution in [0.3, 0.4) is 0 Å². The second-order valence-electron chi connectivity index (χ2n) is 7.16. The average molecular weight is 516 g/mol. The number of benzene rings is 2. The van der Waals surface area contributed by atoms with Crippen LogP contribution in [0.2, 0.25) is 0 Å². The summed E-state index contributed by atoms with van der Waals surface area (Å²) >= 11 is 0. The zero-order valence-corrected chi connectivity index (χ0v) is 19.6. The zero-order valence-electron chi connectivity index (χ0n) is 18.8. The molecule has 14 heteroatoms. The summed E-state index contributed by atoms with van der Waals surface area (Å²) in [5, 5.41) is 8.68. The number of ether oxygens (including phenoxy) is 4. The van der Waals surface area contributed by atoms with Crippen molar-refractivity contribution < 1.29 is 40.5 Å². The van der Waals surface area contributed by atoms with Crippen molar-refractivity contribution in [3.05, 3.63) is 42.2 Å². The fourth-order valence-corrected chi connectivity index (χ4v) is 3.63. The van der Waals surface area contributed by atoms with Crippen LogP contribution >= 0.6 is 0 Å². The monoisotopic (exact) mass is 516 g/mol. The maximum absolute atomic E-state index is 12.7. The van der Waals surface area contributed by atoms with Gasteiger partial charge in [0.1, 0.15) is 24.5 Å². The van der Waals surface area contributed by atoms with Gasteiger partial charge in [-0.05, 0) is 24.3 Å². The minimum atomic E-state index is -4.58. The number of methoxy groups -OCH3 is 2. The van der Waals surface area contributed by atoms with E-state index in [0.717, 1.165) is 18.2 Å². The zero-order chi connectivity index (χ0) is 25.6. The number of fused-ring (bicyclic) bond motifs is 1. The molecule has 0 amide bonds. The van der Waals surface area contributed by atoms with Gasteiger partial charge in [0.2, 0.25) is 10.0 Å². The lowest BCUT2D eigenvalue weighted by molar-refractivity contribution is -0.153. The topological polar surface area (TPSA) is 135 Å². The molecule has 1 heterocycles. The van der Waals surface area contributed by atoms with E-state index in [9.17, 15) is 21.6 Å². The smallest absolute Gasteiger partial charge is 0.422 e. The van der Waals surface area contributed by atoms with Crippen LogP contribution in [0.25, 0.3) is 10.9 Å². The first-order valence-corrected chi connectivity index (χ1v) is 11.6. The second kappa shape index (κ2) is 10.9. The Morgan fingerprint density at radius 1 is 1.00 bits per heavy atom. The first-order chi connectivity index (χ1) is 16.5. The Balaban J connectivity index is 1.92. The van der Waals surface area contributed by atoms with Crippen molar-refractivity contribution in [2.45, 2.75) is 17.6 Å². The molecule has 190 valence electrons. The summed E-state index contributed by atoms with van der Waals surface area (Å²) in [6.45, 7) is -1.02. The minimum absolute atomic E-state index is 0.124. The summed E-state index contributed by atoms with van der Waals surface area (Å²) in [4.78, 5) is 8.13. The molecule has 0 unspecified atom stereocenters. The highest BCUT2D eigenvalue weighted by Gasteiger charge is 2.29. The van der Waals surface area contributed by atoms with E-state index >= 15 is 0 Å². The lowest BCUT2D eigenvalue weighted by Gasteiger charge is -2.16. The van der Waals surface area contributed by atoms with Crippen molar-refractivity contribution in [2.75, 3.05) is 39.4 Å². The van der Waals surface area contributed by atoms with Gasteiger partial charge in [-0.2, -0.15) is 13.2 Å². The van der Waals surface area contributed by atoms with Gasteiger partial charge in [0.15, 0.2) is 18.1 Å². The summed E-state index contributed by atoms with van der Waals surface area (Å²) in [7, 11) is -1.09. The van der Waals surface area contributed by atoms with E-state index in [1.54, 1.807) is 19.2 Å². The van der Waals surface area contributed by atoms with E-state index in [2.05, 4.69) is 15.3 Å². The molecule has 2 aromatic carbocycles. The Labute approximate surface area is 199 Å². The lowest BCUT2D eigenvalue weighted by atomic mass is 10.1. The Morgan fingerprint density at radius 2 is 1.77 bits per heavy atom. The quantitative estimate of drug-likeness (QED) is 0.369. The van der Waals surface area contributed by atoms with Crippen LogP contribution in [0.5, 0.6) is 17.2 Å². The Morgan fingerprint density at radius 3 is 2.43 bits per heavy atom. The summed E-state index contributed by atoms with van der Waals surface area (Å²) in [6.07, 6.45) is -3.29. The van der Waals surface area contributed by atoms with Gasteiger partial charge >= 0.3 is 6.18 Å². The molecule has 0 spiro atoms. The number of nitrogens with one attached hydrogen (secondary N) is 1. The largest absolute Gasteiger partial charge is 0.493 e. The highest BCUT2D eigenvalue weighted by Crippen LogP contribution is 2.34. The molecule has 0 atom stereocenters. The molecule has 0 aliphatic heterocycles. The van der Waals surface area contributed by atoms with Crippen LogP contribution in [0.4, 0.5) is 19.0 Å². The SMILES string of the molecule is COCCOc1cc2ncnc(NCc3cc(S(N)(=O)=O)ccc3OCC(F)(F)F)c2cc1OC. The first-order valence-electron chi connectivity index (χ1n) is 10.1. The number of halogens is 3. The number of alkyl halides is 3. The third kappa shape index (κ3) is 7.07. The van der Waals surface area contributed by atoms with Gasteiger partial charge in [-0.3, -0.25) is 0 Å². The molecule has 3 rings (SSSR count). The van der Waals surface area contributed by atoms with E-state index in [1.165, 1.54) is 13.4 Å². The lowest BCUT2D eigenvalue weighted by Crippen LogP contribution is -2.20. The van der Waals surface area contributed by atoms with Crippen LogP contribution < -0.4 is 24.7 Å². The fraction of sp³-hybridized carbons (Fsp3) is 0.333. The van der Waals surface area contributed by atoms with Crippen molar-refractivity contribution in [3.8, 4) is 17.2 Å². The normalized spacial score (nSPS) is 11.9. The van der Waals surface area contributed by atoms with Crippen molar-refractivity contribution in [3.63, 3.8) is 0 Å². The van der Waals surface area contributed by atoms with Crippen LogP contribution in [-0.4, -0.2) is 58.6 Å². The fourth-order valence-electron chi connectivity index (χ4n) is 3.06. The number of rotatable bonds is 11. The Kier molecular flexibility index (Phi) is 8.19. The van der Waals surface area contributed by atoms with Crippen molar-refractivity contribution >= 4 is 26.7 Å². The molecular weight excluding hydrogens is 493 g/mol. The molecule has 35 heavy (non-hydrogen) atoms. The van der Waals surface area contributed by atoms with E-state index in [-0.39, 0.29) is 29.4 Å². The third-order valence-electron chi connectivity index (χ3n) is 4.66. The van der Waals surface area contributed by atoms with Crippen LogP contribution in [0.1, 0.15) is 5.56 Å². The van der Waals surface area contributed by atoms with Gasteiger partial charge < -0.3 is 24.3 Å². The van der Waals surface area contributed by atoms with Gasteiger partial charge in [0.25, 0.3) is 0 Å². The number of nitrogens with two attached hydrogens (primary N) is 1. The van der Waals surface area contributed by atoms with Crippen molar-refractivity contribution in [1.82, 2.24) is 9.97 Å². The first kappa shape index (κ1) is 26.2. The third-order valence-corrected chi connectivity index (χ3v) is 5.57. The Hall–Kier alpha value is -3.36. The second-order valence-corrected chi connectivity index (χ2v) is 8.72. The van der Waals surface area contributed by atoms with Crippen LogP contribution in [-0.2, 0) is 21.3 Å². The molecule has 0 bridgehead atoms. The molecule has 0 fully saturated rings. The molecule has 10 nitrogen and oxygen atoms in total. The number of hydrogen-bond donors (Lipinski definition) is 2.